The smallest absolute Gasteiger partial charge is 0.317 e. The van der Waals surface area contributed by atoms with Crippen LogP contribution in [0.4, 0.5) is 4.79 Å². The van der Waals surface area contributed by atoms with Gasteiger partial charge in [-0.15, -0.1) is 0 Å². The summed E-state index contributed by atoms with van der Waals surface area (Å²) in [5.41, 5.74) is 1.14. The number of benzene rings is 2. The van der Waals surface area contributed by atoms with E-state index in [2.05, 4.69) is 29.6 Å². The Morgan fingerprint density at radius 3 is 2.71 bits per heavy atom. The largest absolute Gasteiger partial charge is 0.383 e. The number of urea groups is 1. The molecule has 0 bridgehead atoms. The molecule has 1 atom stereocenters. The average molecular weight is 286 g/mol. The molecule has 0 fully saturated rings. The SMILES string of the molecule is COCC(C)NC(=O)N(C)Cc1cccc2ccccc12. The minimum absolute atomic E-state index is 0.00234. The number of fused-ring (bicyclic) bond motifs is 1. The molecule has 0 saturated heterocycles. The third kappa shape index (κ3) is 3.95. The Morgan fingerprint density at radius 2 is 1.95 bits per heavy atom. The van der Waals surface area contributed by atoms with Crippen LogP contribution in [0.3, 0.4) is 0 Å². The number of carbonyl (C=O) groups is 1. The van der Waals surface area contributed by atoms with Crippen molar-refractivity contribution >= 4 is 16.8 Å². The number of hydrogen-bond donors (Lipinski definition) is 1. The summed E-state index contributed by atoms with van der Waals surface area (Å²) < 4.78 is 5.03. The van der Waals surface area contributed by atoms with Crippen molar-refractivity contribution in [2.45, 2.75) is 19.5 Å². The monoisotopic (exact) mass is 286 g/mol. The molecule has 0 aliphatic rings. The molecule has 0 heterocycles. The first-order valence-electron chi connectivity index (χ1n) is 7.09. The topological polar surface area (TPSA) is 41.6 Å². The molecule has 21 heavy (non-hydrogen) atoms. The van der Waals surface area contributed by atoms with Crippen LogP contribution in [0.1, 0.15) is 12.5 Å². The number of ether oxygens (including phenoxy) is 1. The van der Waals surface area contributed by atoms with Crippen LogP contribution in [0.25, 0.3) is 10.8 Å². The Hall–Kier alpha value is -2.07. The molecular formula is C17H22N2O2. The predicted molar refractivity (Wildman–Crippen MR) is 85.3 cm³/mol. The summed E-state index contributed by atoms with van der Waals surface area (Å²) in [5.74, 6) is 0. The number of hydrogen-bond acceptors (Lipinski definition) is 2. The Bertz CT molecular complexity index is 607. The zero-order valence-electron chi connectivity index (χ0n) is 12.8. The quantitative estimate of drug-likeness (QED) is 0.918. The lowest BCUT2D eigenvalue weighted by Gasteiger charge is -2.21. The lowest BCUT2D eigenvalue weighted by Crippen LogP contribution is -2.43. The zero-order valence-corrected chi connectivity index (χ0v) is 12.8. The Labute approximate surface area is 125 Å². The number of amides is 2. The predicted octanol–water partition coefficient (Wildman–Crippen LogP) is 3.02. The first kappa shape index (κ1) is 15.3. The highest BCUT2D eigenvalue weighted by Gasteiger charge is 2.13. The minimum Gasteiger partial charge on any atom is -0.383 e. The van der Waals surface area contributed by atoms with Crippen molar-refractivity contribution < 1.29 is 9.53 Å². The first-order chi connectivity index (χ1) is 10.1. The molecule has 2 rings (SSSR count). The highest BCUT2D eigenvalue weighted by Crippen LogP contribution is 2.19. The van der Waals surface area contributed by atoms with Gasteiger partial charge in [0.15, 0.2) is 0 Å². The van der Waals surface area contributed by atoms with Crippen LogP contribution < -0.4 is 5.32 Å². The standard InChI is InChI=1S/C17H22N2O2/c1-13(12-21-3)18-17(20)19(2)11-15-9-6-8-14-7-4-5-10-16(14)15/h4-10,13H,11-12H2,1-3H3,(H,18,20). The minimum atomic E-state index is -0.0903. The number of rotatable bonds is 5. The van der Waals surface area contributed by atoms with Gasteiger partial charge in [0.2, 0.25) is 0 Å². The second-order valence-corrected chi connectivity index (χ2v) is 5.30. The molecule has 0 aromatic heterocycles. The molecule has 0 aliphatic heterocycles. The molecule has 2 amide bonds. The summed E-state index contributed by atoms with van der Waals surface area (Å²) in [7, 11) is 3.43. The Balaban J connectivity index is 2.07. The summed E-state index contributed by atoms with van der Waals surface area (Å²) >= 11 is 0. The highest BCUT2D eigenvalue weighted by molar-refractivity contribution is 5.86. The van der Waals surface area contributed by atoms with Gasteiger partial charge in [-0.3, -0.25) is 0 Å². The number of nitrogens with zero attached hydrogens (tertiary/aromatic N) is 1. The lowest BCUT2D eigenvalue weighted by atomic mass is 10.0. The maximum Gasteiger partial charge on any atom is 0.317 e. The van der Waals surface area contributed by atoms with Gasteiger partial charge in [0.1, 0.15) is 0 Å². The first-order valence-corrected chi connectivity index (χ1v) is 7.09. The number of methoxy groups -OCH3 is 1. The summed E-state index contributed by atoms with van der Waals surface area (Å²) in [5, 5.41) is 5.29. The summed E-state index contributed by atoms with van der Waals surface area (Å²) in [6.45, 7) is 3.01. The van der Waals surface area contributed by atoms with Crippen molar-refractivity contribution in [2.75, 3.05) is 20.8 Å². The van der Waals surface area contributed by atoms with Gasteiger partial charge >= 0.3 is 6.03 Å². The van der Waals surface area contributed by atoms with Crippen molar-refractivity contribution in [2.24, 2.45) is 0 Å². The van der Waals surface area contributed by atoms with E-state index >= 15 is 0 Å². The van der Waals surface area contributed by atoms with Gasteiger partial charge in [0.25, 0.3) is 0 Å². The van der Waals surface area contributed by atoms with Gasteiger partial charge in [-0.2, -0.15) is 0 Å². The maximum atomic E-state index is 12.1. The van der Waals surface area contributed by atoms with E-state index in [1.807, 2.05) is 25.1 Å². The molecule has 1 N–H and O–H groups in total. The van der Waals surface area contributed by atoms with E-state index in [-0.39, 0.29) is 12.1 Å². The van der Waals surface area contributed by atoms with Crippen molar-refractivity contribution in [3.8, 4) is 0 Å². The van der Waals surface area contributed by atoms with E-state index in [1.165, 1.54) is 10.8 Å². The molecule has 112 valence electrons. The number of nitrogens with one attached hydrogen (secondary N) is 1. The van der Waals surface area contributed by atoms with Gasteiger partial charge in [0.05, 0.1) is 12.6 Å². The van der Waals surface area contributed by atoms with Crippen LogP contribution in [-0.2, 0) is 11.3 Å². The van der Waals surface area contributed by atoms with E-state index in [0.29, 0.717) is 13.2 Å². The second-order valence-electron chi connectivity index (χ2n) is 5.30. The van der Waals surface area contributed by atoms with Gasteiger partial charge < -0.3 is 15.0 Å². The van der Waals surface area contributed by atoms with E-state index in [1.54, 1.807) is 19.1 Å². The van der Waals surface area contributed by atoms with E-state index in [4.69, 9.17) is 4.74 Å². The normalized spacial score (nSPS) is 12.1. The van der Waals surface area contributed by atoms with Crippen LogP contribution >= 0.6 is 0 Å². The van der Waals surface area contributed by atoms with Crippen LogP contribution in [0.15, 0.2) is 42.5 Å². The second kappa shape index (κ2) is 7.09. The molecule has 4 heteroatoms. The molecular weight excluding hydrogens is 264 g/mol. The summed E-state index contributed by atoms with van der Waals surface area (Å²) in [6.07, 6.45) is 0. The van der Waals surface area contributed by atoms with Crippen molar-refractivity contribution in [3.05, 3.63) is 48.0 Å². The van der Waals surface area contributed by atoms with Crippen LogP contribution in [0, 0.1) is 0 Å². The summed E-state index contributed by atoms with van der Waals surface area (Å²) in [4.78, 5) is 13.8. The number of carbonyl (C=O) groups excluding carboxylic acids is 1. The van der Waals surface area contributed by atoms with E-state index < -0.39 is 0 Å². The van der Waals surface area contributed by atoms with E-state index in [0.717, 1.165) is 5.56 Å². The molecule has 0 saturated carbocycles. The lowest BCUT2D eigenvalue weighted by molar-refractivity contribution is 0.162. The Kier molecular flexibility index (Phi) is 5.17. The average Bonchev–Trinajstić information content (AvgIpc) is 2.47. The maximum absolute atomic E-state index is 12.1. The van der Waals surface area contributed by atoms with Crippen LogP contribution in [0.5, 0.6) is 0 Å². The van der Waals surface area contributed by atoms with Gasteiger partial charge in [-0.25, -0.2) is 4.79 Å². The van der Waals surface area contributed by atoms with Gasteiger partial charge in [0, 0.05) is 20.7 Å². The molecule has 0 radical (unpaired) electrons. The molecule has 1 unspecified atom stereocenters. The third-order valence-electron chi connectivity index (χ3n) is 3.42. The van der Waals surface area contributed by atoms with Gasteiger partial charge in [-0.05, 0) is 23.3 Å². The van der Waals surface area contributed by atoms with Crippen LogP contribution in [-0.4, -0.2) is 37.7 Å². The molecule has 2 aromatic carbocycles. The molecule has 0 spiro atoms. The van der Waals surface area contributed by atoms with Gasteiger partial charge in [-0.1, -0.05) is 42.5 Å². The van der Waals surface area contributed by atoms with Crippen molar-refractivity contribution in [1.82, 2.24) is 10.2 Å². The van der Waals surface area contributed by atoms with E-state index in [9.17, 15) is 4.79 Å². The van der Waals surface area contributed by atoms with Crippen molar-refractivity contribution in [1.29, 1.82) is 0 Å². The fourth-order valence-corrected chi connectivity index (χ4v) is 2.37. The fourth-order valence-electron chi connectivity index (χ4n) is 2.37. The molecule has 0 aliphatic carbocycles. The zero-order chi connectivity index (χ0) is 15.2. The Morgan fingerprint density at radius 1 is 1.24 bits per heavy atom. The van der Waals surface area contributed by atoms with Crippen LogP contribution in [0.2, 0.25) is 0 Å². The molecule has 4 nitrogen and oxygen atoms in total. The molecule has 2 aromatic rings. The fraction of sp³-hybridized carbons (Fsp3) is 0.353. The summed E-state index contributed by atoms with van der Waals surface area (Å²) in [6, 6.07) is 14.3. The van der Waals surface area contributed by atoms with Crippen molar-refractivity contribution in [3.63, 3.8) is 0 Å². The highest BCUT2D eigenvalue weighted by atomic mass is 16.5. The third-order valence-corrected chi connectivity index (χ3v) is 3.42.